The lowest BCUT2D eigenvalue weighted by molar-refractivity contribution is 0.201. The second-order valence-corrected chi connectivity index (χ2v) is 4.42. The van der Waals surface area contributed by atoms with Crippen LogP contribution >= 0.6 is 0 Å². The summed E-state index contributed by atoms with van der Waals surface area (Å²) in [4.78, 5) is 2.36. The molecule has 12 heavy (non-hydrogen) atoms. The molecule has 0 amide bonds. The summed E-state index contributed by atoms with van der Waals surface area (Å²) in [7, 11) is 2.17. The monoisotopic (exact) mass is 172 g/mol. The summed E-state index contributed by atoms with van der Waals surface area (Å²) in [6.07, 6.45) is 0. The lowest BCUT2D eigenvalue weighted by atomic mass is 10.0. The van der Waals surface area contributed by atoms with Crippen molar-refractivity contribution < 1.29 is 0 Å². The number of nitrogens with one attached hydrogen (secondary N) is 1. The van der Waals surface area contributed by atoms with Crippen LogP contribution in [-0.2, 0) is 0 Å². The van der Waals surface area contributed by atoms with E-state index >= 15 is 0 Å². The fraction of sp³-hybridized carbons (Fsp3) is 1.00. The third-order valence-electron chi connectivity index (χ3n) is 2.18. The fourth-order valence-corrected chi connectivity index (χ4v) is 1.34. The normalized spacial score (nSPS) is 13.0. The van der Waals surface area contributed by atoms with E-state index in [2.05, 4.69) is 51.9 Å². The van der Waals surface area contributed by atoms with Gasteiger partial charge in [0.05, 0.1) is 0 Å². The Bertz CT molecular complexity index is 119. The number of likely N-dealkylation sites (N-methyl/N-ethyl adjacent to an activating group) is 2. The van der Waals surface area contributed by atoms with E-state index in [-0.39, 0.29) is 5.54 Å². The Morgan fingerprint density at radius 1 is 1.33 bits per heavy atom. The predicted molar refractivity (Wildman–Crippen MR) is 55.5 cm³/mol. The Balaban J connectivity index is 3.87. The first-order valence-electron chi connectivity index (χ1n) is 4.84. The highest BCUT2D eigenvalue weighted by atomic mass is 15.2. The molecular formula is C10H24N2. The smallest absolute Gasteiger partial charge is 0.0252 e. The minimum atomic E-state index is 0.230. The van der Waals surface area contributed by atoms with Crippen molar-refractivity contribution in [2.75, 3.05) is 20.1 Å². The molecule has 2 nitrogen and oxygen atoms in total. The second kappa shape index (κ2) is 4.83. The molecule has 0 aromatic heterocycles. The van der Waals surface area contributed by atoms with E-state index in [0.29, 0.717) is 6.04 Å². The van der Waals surface area contributed by atoms with Gasteiger partial charge in [-0.05, 0) is 41.3 Å². The number of hydrogen-bond acceptors (Lipinski definition) is 2. The zero-order chi connectivity index (χ0) is 9.78. The zero-order valence-electron chi connectivity index (χ0n) is 9.44. The maximum Gasteiger partial charge on any atom is 0.0252 e. The second-order valence-electron chi connectivity index (χ2n) is 4.42. The molecule has 0 atom stereocenters. The molecule has 0 aliphatic heterocycles. The van der Waals surface area contributed by atoms with Crippen LogP contribution in [0.4, 0.5) is 0 Å². The van der Waals surface area contributed by atoms with Crippen LogP contribution < -0.4 is 5.32 Å². The van der Waals surface area contributed by atoms with Crippen molar-refractivity contribution in [3.05, 3.63) is 0 Å². The molecule has 0 aliphatic rings. The quantitative estimate of drug-likeness (QED) is 0.679. The van der Waals surface area contributed by atoms with E-state index in [1.807, 2.05) is 0 Å². The van der Waals surface area contributed by atoms with Crippen molar-refractivity contribution in [1.29, 1.82) is 0 Å². The van der Waals surface area contributed by atoms with Crippen molar-refractivity contribution in [2.45, 2.75) is 46.2 Å². The van der Waals surface area contributed by atoms with Crippen molar-refractivity contribution in [3.8, 4) is 0 Å². The van der Waals surface area contributed by atoms with E-state index in [1.54, 1.807) is 0 Å². The molecule has 0 bridgehead atoms. The summed E-state index contributed by atoms with van der Waals surface area (Å²) in [6, 6.07) is 0.628. The van der Waals surface area contributed by atoms with Crippen LogP contribution in [0.1, 0.15) is 34.6 Å². The molecule has 0 saturated carbocycles. The average Bonchev–Trinajstić information content (AvgIpc) is 1.85. The largest absolute Gasteiger partial charge is 0.311 e. The molecule has 0 rings (SSSR count). The molecule has 0 fully saturated rings. The lowest BCUT2D eigenvalue weighted by Gasteiger charge is -2.33. The summed E-state index contributed by atoms with van der Waals surface area (Å²) in [5, 5.41) is 3.47. The zero-order valence-corrected chi connectivity index (χ0v) is 9.44. The minimum Gasteiger partial charge on any atom is -0.311 e. The maximum absolute atomic E-state index is 3.47. The molecule has 0 saturated heterocycles. The Morgan fingerprint density at radius 3 is 2.17 bits per heavy atom. The molecule has 0 unspecified atom stereocenters. The Kier molecular flexibility index (Phi) is 4.80. The molecule has 0 radical (unpaired) electrons. The average molecular weight is 172 g/mol. The third kappa shape index (κ3) is 4.73. The topological polar surface area (TPSA) is 15.3 Å². The first-order chi connectivity index (χ1) is 5.39. The van der Waals surface area contributed by atoms with Gasteiger partial charge < -0.3 is 10.2 Å². The first kappa shape index (κ1) is 11.9. The van der Waals surface area contributed by atoms with Crippen molar-refractivity contribution in [2.24, 2.45) is 0 Å². The van der Waals surface area contributed by atoms with Crippen molar-refractivity contribution >= 4 is 0 Å². The summed E-state index contributed by atoms with van der Waals surface area (Å²) in [5.74, 6) is 0. The van der Waals surface area contributed by atoms with Crippen LogP contribution in [0.2, 0.25) is 0 Å². The number of nitrogens with zero attached hydrogens (tertiary/aromatic N) is 1. The van der Waals surface area contributed by atoms with Gasteiger partial charge in [-0.2, -0.15) is 0 Å². The highest BCUT2D eigenvalue weighted by molar-refractivity contribution is 4.80. The summed E-state index contributed by atoms with van der Waals surface area (Å²) in [5.41, 5.74) is 0.230. The molecule has 1 N–H and O–H groups in total. The van der Waals surface area contributed by atoms with Gasteiger partial charge in [0.25, 0.3) is 0 Å². The summed E-state index contributed by atoms with van der Waals surface area (Å²) in [6.45, 7) is 13.2. The number of hydrogen-bond donors (Lipinski definition) is 1. The Morgan fingerprint density at radius 2 is 1.83 bits per heavy atom. The van der Waals surface area contributed by atoms with Crippen LogP contribution in [0.15, 0.2) is 0 Å². The molecule has 0 spiro atoms. The van der Waals surface area contributed by atoms with Crippen LogP contribution in [-0.4, -0.2) is 36.6 Å². The SMILES string of the molecule is CCNC(C)(C)CN(C)C(C)C. The maximum atomic E-state index is 3.47. The Hall–Kier alpha value is -0.0800. The van der Waals surface area contributed by atoms with Gasteiger partial charge in [0.1, 0.15) is 0 Å². The summed E-state index contributed by atoms with van der Waals surface area (Å²) >= 11 is 0. The third-order valence-corrected chi connectivity index (χ3v) is 2.18. The van der Waals surface area contributed by atoms with Gasteiger partial charge in [-0.1, -0.05) is 6.92 Å². The Labute approximate surface area is 77.3 Å². The molecule has 0 aromatic carbocycles. The van der Waals surface area contributed by atoms with Crippen LogP contribution in [0.25, 0.3) is 0 Å². The van der Waals surface area contributed by atoms with Crippen molar-refractivity contribution in [1.82, 2.24) is 10.2 Å². The fourth-order valence-electron chi connectivity index (χ4n) is 1.34. The molecule has 74 valence electrons. The molecule has 0 aliphatic carbocycles. The standard InChI is InChI=1S/C10H24N2/c1-7-11-10(4,5)8-12(6)9(2)3/h9,11H,7-8H2,1-6H3. The van der Waals surface area contributed by atoms with Crippen LogP contribution in [0, 0.1) is 0 Å². The van der Waals surface area contributed by atoms with Crippen molar-refractivity contribution in [3.63, 3.8) is 0 Å². The molecular weight excluding hydrogens is 148 g/mol. The predicted octanol–water partition coefficient (Wildman–Crippen LogP) is 1.71. The van der Waals surface area contributed by atoms with E-state index in [4.69, 9.17) is 0 Å². The highest BCUT2D eigenvalue weighted by Crippen LogP contribution is 2.06. The van der Waals surface area contributed by atoms with Crippen LogP contribution in [0.5, 0.6) is 0 Å². The lowest BCUT2D eigenvalue weighted by Crippen LogP contribution is -2.49. The van der Waals surface area contributed by atoms with E-state index < -0.39 is 0 Å². The van der Waals surface area contributed by atoms with E-state index in [1.165, 1.54) is 0 Å². The van der Waals surface area contributed by atoms with E-state index in [0.717, 1.165) is 13.1 Å². The van der Waals surface area contributed by atoms with Gasteiger partial charge in [0.2, 0.25) is 0 Å². The van der Waals surface area contributed by atoms with Gasteiger partial charge in [-0.25, -0.2) is 0 Å². The van der Waals surface area contributed by atoms with E-state index in [9.17, 15) is 0 Å². The first-order valence-corrected chi connectivity index (χ1v) is 4.84. The van der Waals surface area contributed by atoms with Gasteiger partial charge >= 0.3 is 0 Å². The minimum absolute atomic E-state index is 0.230. The van der Waals surface area contributed by atoms with Crippen LogP contribution in [0.3, 0.4) is 0 Å². The van der Waals surface area contributed by atoms with Gasteiger partial charge in [-0.15, -0.1) is 0 Å². The molecule has 0 heterocycles. The number of rotatable bonds is 5. The molecule has 2 heteroatoms. The van der Waals surface area contributed by atoms with Gasteiger partial charge in [-0.3, -0.25) is 0 Å². The molecule has 0 aromatic rings. The highest BCUT2D eigenvalue weighted by Gasteiger charge is 2.19. The summed E-state index contributed by atoms with van der Waals surface area (Å²) < 4.78 is 0. The van der Waals surface area contributed by atoms with Gasteiger partial charge in [0.15, 0.2) is 0 Å². The van der Waals surface area contributed by atoms with Gasteiger partial charge in [0, 0.05) is 18.1 Å².